The van der Waals surface area contributed by atoms with Crippen molar-refractivity contribution in [3.8, 4) is 0 Å². The number of nitrogens with zero attached hydrogens (tertiary/aromatic N) is 2. The van der Waals surface area contributed by atoms with Crippen molar-refractivity contribution in [2.24, 2.45) is 5.10 Å². The quantitative estimate of drug-likeness (QED) is 0.919. The van der Waals surface area contributed by atoms with Crippen molar-refractivity contribution in [1.82, 2.24) is 5.01 Å². The zero-order chi connectivity index (χ0) is 16.9. The monoisotopic (exact) mass is 322 g/mol. The van der Waals surface area contributed by atoms with Crippen LogP contribution in [0, 0.1) is 0 Å². The van der Waals surface area contributed by atoms with E-state index in [0.29, 0.717) is 6.42 Å². The predicted octanol–water partition coefficient (Wildman–Crippen LogP) is 3.23. The lowest BCUT2D eigenvalue weighted by Crippen LogP contribution is -2.27. The molecule has 2 aromatic carbocycles. The fraction of sp³-hybridized carbons (Fsp3) is 0.211. The second-order valence-corrected chi connectivity index (χ2v) is 5.68. The molecular formula is C19H18N2O3. The summed E-state index contributed by atoms with van der Waals surface area (Å²) < 4.78 is 0. The number of carbonyl (C=O) groups excluding carboxylic acids is 1. The molecule has 0 aromatic heterocycles. The highest BCUT2D eigenvalue weighted by molar-refractivity contribution is 6.03. The van der Waals surface area contributed by atoms with Crippen LogP contribution >= 0.6 is 0 Å². The van der Waals surface area contributed by atoms with Gasteiger partial charge < -0.3 is 5.11 Å². The average molecular weight is 322 g/mol. The van der Waals surface area contributed by atoms with Crippen LogP contribution in [0.4, 0.5) is 0 Å². The first-order chi connectivity index (χ1) is 11.6. The van der Waals surface area contributed by atoms with Crippen LogP contribution in [-0.4, -0.2) is 27.7 Å². The minimum absolute atomic E-state index is 0.0514. The zero-order valence-corrected chi connectivity index (χ0v) is 13.1. The molecule has 5 heteroatoms. The molecule has 0 unspecified atom stereocenters. The number of aliphatic carboxylic acids is 1. The molecule has 1 atom stereocenters. The highest BCUT2D eigenvalue weighted by Crippen LogP contribution is 2.33. The summed E-state index contributed by atoms with van der Waals surface area (Å²) in [6.45, 7) is 0. The number of amides is 1. The van der Waals surface area contributed by atoms with E-state index < -0.39 is 5.97 Å². The lowest BCUT2D eigenvalue weighted by atomic mass is 9.98. The molecule has 1 heterocycles. The van der Waals surface area contributed by atoms with Crippen LogP contribution in [-0.2, 0) is 9.59 Å². The SMILES string of the molecule is O=C(O)CCC(=O)N1N=C(c2ccccc2)C[C@@H]1c1ccccc1. The molecule has 0 aliphatic carbocycles. The van der Waals surface area contributed by atoms with Gasteiger partial charge in [0, 0.05) is 12.8 Å². The third kappa shape index (κ3) is 3.51. The normalized spacial score (nSPS) is 16.8. The highest BCUT2D eigenvalue weighted by Gasteiger charge is 2.32. The predicted molar refractivity (Wildman–Crippen MR) is 90.5 cm³/mol. The molecule has 1 amide bonds. The molecule has 0 spiro atoms. The van der Waals surface area contributed by atoms with Crippen LogP contribution in [0.15, 0.2) is 65.8 Å². The van der Waals surface area contributed by atoms with Gasteiger partial charge in [-0.05, 0) is 11.1 Å². The van der Waals surface area contributed by atoms with Gasteiger partial charge in [-0.25, -0.2) is 5.01 Å². The smallest absolute Gasteiger partial charge is 0.303 e. The second kappa shape index (κ2) is 7.08. The molecule has 0 saturated carbocycles. The largest absolute Gasteiger partial charge is 0.481 e. The lowest BCUT2D eigenvalue weighted by molar-refractivity contribution is -0.141. The van der Waals surface area contributed by atoms with E-state index in [4.69, 9.17) is 5.11 Å². The summed E-state index contributed by atoms with van der Waals surface area (Å²) in [4.78, 5) is 23.2. The van der Waals surface area contributed by atoms with Crippen LogP contribution in [0.5, 0.6) is 0 Å². The van der Waals surface area contributed by atoms with Gasteiger partial charge in [-0.2, -0.15) is 5.10 Å². The van der Waals surface area contributed by atoms with Crippen molar-refractivity contribution >= 4 is 17.6 Å². The molecule has 2 aromatic rings. The van der Waals surface area contributed by atoms with Gasteiger partial charge in [0.25, 0.3) is 0 Å². The molecule has 24 heavy (non-hydrogen) atoms. The van der Waals surface area contributed by atoms with E-state index in [9.17, 15) is 9.59 Å². The number of carboxylic acids is 1. The summed E-state index contributed by atoms with van der Waals surface area (Å²) in [6.07, 6.45) is 0.379. The number of rotatable bonds is 5. The molecule has 5 nitrogen and oxygen atoms in total. The minimum atomic E-state index is -0.980. The topological polar surface area (TPSA) is 70.0 Å². The Kier molecular flexibility index (Phi) is 4.70. The van der Waals surface area contributed by atoms with Crippen molar-refractivity contribution < 1.29 is 14.7 Å². The maximum Gasteiger partial charge on any atom is 0.303 e. The Labute approximate surface area is 140 Å². The summed E-state index contributed by atoms with van der Waals surface area (Å²) in [5.74, 6) is -1.25. The molecule has 1 aliphatic heterocycles. The van der Waals surface area contributed by atoms with Crippen LogP contribution < -0.4 is 0 Å². The lowest BCUT2D eigenvalue weighted by Gasteiger charge is -2.21. The summed E-state index contributed by atoms with van der Waals surface area (Å²) in [5, 5.41) is 14.8. The Hall–Kier alpha value is -2.95. The van der Waals surface area contributed by atoms with Crippen molar-refractivity contribution in [2.75, 3.05) is 0 Å². The standard InChI is InChI=1S/C19H18N2O3/c22-18(11-12-19(23)24)21-17(15-9-5-2-6-10-15)13-16(20-21)14-7-3-1-4-8-14/h1-10,17H,11-13H2,(H,23,24)/t17-/m1/s1. The Balaban J connectivity index is 1.88. The first-order valence-electron chi connectivity index (χ1n) is 7.87. The summed E-state index contributed by atoms with van der Waals surface area (Å²) in [7, 11) is 0. The molecule has 0 saturated heterocycles. The number of hydrazone groups is 1. The van der Waals surface area contributed by atoms with Gasteiger partial charge in [0.15, 0.2) is 0 Å². The van der Waals surface area contributed by atoms with Crippen molar-refractivity contribution in [1.29, 1.82) is 0 Å². The molecule has 0 radical (unpaired) electrons. The van der Waals surface area contributed by atoms with E-state index in [1.54, 1.807) is 0 Å². The van der Waals surface area contributed by atoms with Gasteiger partial charge in [0.1, 0.15) is 0 Å². The van der Waals surface area contributed by atoms with Crippen molar-refractivity contribution in [3.05, 3.63) is 71.8 Å². The summed E-state index contributed by atoms with van der Waals surface area (Å²) >= 11 is 0. The summed E-state index contributed by atoms with van der Waals surface area (Å²) in [5.41, 5.74) is 2.82. The van der Waals surface area contributed by atoms with Crippen LogP contribution in [0.3, 0.4) is 0 Å². The van der Waals surface area contributed by atoms with Crippen LogP contribution in [0.1, 0.15) is 36.4 Å². The Morgan fingerprint density at radius 2 is 1.62 bits per heavy atom. The maximum atomic E-state index is 12.5. The van der Waals surface area contributed by atoms with E-state index in [0.717, 1.165) is 16.8 Å². The fourth-order valence-corrected chi connectivity index (χ4v) is 2.81. The number of hydrogen-bond acceptors (Lipinski definition) is 3. The first-order valence-corrected chi connectivity index (χ1v) is 7.87. The van der Waals surface area contributed by atoms with Gasteiger partial charge in [0.2, 0.25) is 5.91 Å². The summed E-state index contributed by atoms with van der Waals surface area (Å²) in [6, 6.07) is 19.2. The van der Waals surface area contributed by atoms with E-state index in [-0.39, 0.29) is 24.8 Å². The molecule has 3 rings (SSSR count). The molecule has 122 valence electrons. The van der Waals surface area contributed by atoms with Gasteiger partial charge in [-0.1, -0.05) is 60.7 Å². The maximum absolute atomic E-state index is 12.5. The Bertz CT molecular complexity index is 757. The minimum Gasteiger partial charge on any atom is -0.481 e. The first kappa shape index (κ1) is 15.9. The van der Waals surface area contributed by atoms with E-state index >= 15 is 0 Å². The fourth-order valence-electron chi connectivity index (χ4n) is 2.81. The van der Waals surface area contributed by atoms with Gasteiger partial charge in [-0.3, -0.25) is 9.59 Å². The van der Waals surface area contributed by atoms with Crippen molar-refractivity contribution in [2.45, 2.75) is 25.3 Å². The molecule has 1 N–H and O–H groups in total. The highest BCUT2D eigenvalue weighted by atomic mass is 16.4. The number of carboxylic acid groups (broad SMARTS) is 1. The molecule has 0 fully saturated rings. The van der Waals surface area contributed by atoms with Crippen LogP contribution in [0.25, 0.3) is 0 Å². The third-order valence-corrected chi connectivity index (χ3v) is 4.01. The number of carbonyl (C=O) groups is 2. The number of hydrogen-bond donors (Lipinski definition) is 1. The molecular weight excluding hydrogens is 304 g/mol. The van der Waals surface area contributed by atoms with Gasteiger partial charge in [0.05, 0.1) is 18.2 Å². The van der Waals surface area contributed by atoms with Crippen molar-refractivity contribution in [3.63, 3.8) is 0 Å². The second-order valence-electron chi connectivity index (χ2n) is 5.68. The van der Waals surface area contributed by atoms with E-state index in [2.05, 4.69) is 5.10 Å². The van der Waals surface area contributed by atoms with Gasteiger partial charge >= 0.3 is 5.97 Å². The van der Waals surface area contributed by atoms with E-state index in [1.807, 2.05) is 60.7 Å². The van der Waals surface area contributed by atoms with Crippen LogP contribution in [0.2, 0.25) is 0 Å². The van der Waals surface area contributed by atoms with E-state index in [1.165, 1.54) is 5.01 Å². The number of benzene rings is 2. The zero-order valence-electron chi connectivity index (χ0n) is 13.1. The third-order valence-electron chi connectivity index (χ3n) is 4.01. The Morgan fingerprint density at radius 3 is 2.25 bits per heavy atom. The Morgan fingerprint density at radius 1 is 1.00 bits per heavy atom. The molecule has 0 bridgehead atoms. The van der Waals surface area contributed by atoms with Gasteiger partial charge in [-0.15, -0.1) is 0 Å². The molecule has 1 aliphatic rings. The average Bonchev–Trinajstić information content (AvgIpc) is 3.06.